The Bertz CT molecular complexity index is 304. The van der Waals surface area contributed by atoms with Gasteiger partial charge in [0.25, 0.3) is 0 Å². The normalized spacial score (nSPS) is 11.4. The zero-order valence-electron chi connectivity index (χ0n) is 10.0. The van der Waals surface area contributed by atoms with E-state index in [1.54, 1.807) is 0 Å². The van der Waals surface area contributed by atoms with Crippen LogP contribution in [0.15, 0.2) is 24.3 Å². The molecule has 0 fully saturated rings. The van der Waals surface area contributed by atoms with Gasteiger partial charge in [0.1, 0.15) is 0 Å². The zero-order chi connectivity index (χ0) is 11.5. The highest BCUT2D eigenvalue weighted by molar-refractivity contribution is 6.30. The molecule has 4 heteroatoms. The van der Waals surface area contributed by atoms with E-state index in [4.69, 9.17) is 17.3 Å². The van der Waals surface area contributed by atoms with Crippen molar-refractivity contribution >= 4 is 24.0 Å². The molecule has 0 heterocycles. The van der Waals surface area contributed by atoms with Crippen molar-refractivity contribution in [2.75, 3.05) is 13.6 Å². The summed E-state index contributed by atoms with van der Waals surface area (Å²) in [6, 6.07) is 7.92. The molecule has 0 bridgehead atoms. The maximum Gasteiger partial charge on any atom is 0.0406 e. The van der Waals surface area contributed by atoms with Crippen LogP contribution in [0.1, 0.15) is 19.4 Å². The van der Waals surface area contributed by atoms with Gasteiger partial charge in [-0.05, 0) is 38.6 Å². The number of hydrogen-bond acceptors (Lipinski definition) is 2. The lowest BCUT2D eigenvalue weighted by Gasteiger charge is -2.26. The predicted octanol–water partition coefficient (Wildman–Crippen LogP) is 2.93. The van der Waals surface area contributed by atoms with Gasteiger partial charge in [0.05, 0.1) is 0 Å². The van der Waals surface area contributed by atoms with Crippen molar-refractivity contribution in [3.05, 3.63) is 34.9 Å². The minimum absolute atomic E-state index is 0. The Hall–Kier alpha value is -0.280. The van der Waals surface area contributed by atoms with Gasteiger partial charge >= 0.3 is 0 Å². The van der Waals surface area contributed by atoms with Crippen molar-refractivity contribution in [2.45, 2.75) is 25.9 Å². The topological polar surface area (TPSA) is 29.3 Å². The van der Waals surface area contributed by atoms with Crippen molar-refractivity contribution in [3.63, 3.8) is 0 Å². The molecule has 0 spiro atoms. The first-order valence-corrected chi connectivity index (χ1v) is 5.46. The first-order valence-electron chi connectivity index (χ1n) is 5.09. The van der Waals surface area contributed by atoms with E-state index >= 15 is 0 Å². The number of halogens is 2. The Morgan fingerprint density at radius 1 is 1.25 bits per heavy atom. The smallest absolute Gasteiger partial charge is 0.0406 e. The largest absolute Gasteiger partial charge is 0.324 e. The second-order valence-electron chi connectivity index (χ2n) is 4.79. The molecular formula is C12H20Cl2N2. The van der Waals surface area contributed by atoms with Crippen LogP contribution < -0.4 is 5.73 Å². The molecule has 0 saturated carbocycles. The van der Waals surface area contributed by atoms with Gasteiger partial charge in [-0.15, -0.1) is 12.4 Å². The van der Waals surface area contributed by atoms with Crippen LogP contribution in [0.5, 0.6) is 0 Å². The number of hydrogen-bond donors (Lipinski definition) is 1. The van der Waals surface area contributed by atoms with Crippen LogP contribution in [0.4, 0.5) is 0 Å². The lowest BCUT2D eigenvalue weighted by atomic mass is 10.1. The third kappa shape index (κ3) is 6.33. The number of rotatable bonds is 4. The molecule has 0 atom stereocenters. The molecule has 0 radical (unpaired) electrons. The van der Waals surface area contributed by atoms with Gasteiger partial charge in [0, 0.05) is 23.7 Å². The lowest BCUT2D eigenvalue weighted by molar-refractivity contribution is 0.263. The SMILES string of the molecule is CN(Cc1ccc(Cl)cc1)CC(C)(C)N.Cl. The van der Waals surface area contributed by atoms with Crippen LogP contribution >= 0.6 is 24.0 Å². The first kappa shape index (κ1) is 15.7. The van der Waals surface area contributed by atoms with Crippen molar-refractivity contribution in [1.82, 2.24) is 4.90 Å². The Morgan fingerprint density at radius 2 is 1.75 bits per heavy atom. The predicted molar refractivity (Wildman–Crippen MR) is 73.3 cm³/mol. The standard InChI is InChI=1S/C12H19ClN2.ClH/c1-12(2,14)9-15(3)8-10-4-6-11(13)7-5-10;/h4-7H,8-9,14H2,1-3H3;1H. The summed E-state index contributed by atoms with van der Waals surface area (Å²) in [5.41, 5.74) is 7.06. The average molecular weight is 263 g/mol. The Morgan fingerprint density at radius 3 is 2.19 bits per heavy atom. The number of benzene rings is 1. The number of likely N-dealkylation sites (N-methyl/N-ethyl adjacent to an activating group) is 1. The van der Waals surface area contributed by atoms with Gasteiger partial charge in [-0.1, -0.05) is 23.7 Å². The molecule has 1 aromatic rings. The number of nitrogens with zero attached hydrogens (tertiary/aromatic N) is 1. The fourth-order valence-electron chi connectivity index (χ4n) is 1.65. The van der Waals surface area contributed by atoms with E-state index < -0.39 is 0 Å². The summed E-state index contributed by atoms with van der Waals surface area (Å²) < 4.78 is 0. The summed E-state index contributed by atoms with van der Waals surface area (Å²) in [5, 5.41) is 0.778. The molecule has 16 heavy (non-hydrogen) atoms. The first-order chi connectivity index (χ1) is 6.87. The lowest BCUT2D eigenvalue weighted by Crippen LogP contribution is -2.43. The average Bonchev–Trinajstić information content (AvgIpc) is 2.05. The van der Waals surface area contributed by atoms with Gasteiger partial charge in [-0.3, -0.25) is 0 Å². The summed E-state index contributed by atoms with van der Waals surface area (Å²) in [5.74, 6) is 0. The third-order valence-electron chi connectivity index (χ3n) is 2.04. The fourth-order valence-corrected chi connectivity index (χ4v) is 1.78. The molecule has 2 nitrogen and oxygen atoms in total. The molecule has 0 amide bonds. The number of nitrogens with two attached hydrogens (primary N) is 1. The Balaban J connectivity index is 0.00000225. The minimum Gasteiger partial charge on any atom is -0.324 e. The molecule has 1 aromatic carbocycles. The molecule has 0 saturated heterocycles. The van der Waals surface area contributed by atoms with Crippen LogP contribution in [0, 0.1) is 0 Å². The summed E-state index contributed by atoms with van der Waals surface area (Å²) in [6.07, 6.45) is 0. The van der Waals surface area contributed by atoms with Crippen LogP contribution in [-0.2, 0) is 6.54 Å². The fraction of sp³-hybridized carbons (Fsp3) is 0.500. The quantitative estimate of drug-likeness (QED) is 0.905. The van der Waals surface area contributed by atoms with Gasteiger partial charge in [-0.2, -0.15) is 0 Å². The monoisotopic (exact) mass is 262 g/mol. The van der Waals surface area contributed by atoms with Crippen molar-refractivity contribution < 1.29 is 0 Å². The summed E-state index contributed by atoms with van der Waals surface area (Å²) in [6.45, 7) is 5.84. The van der Waals surface area contributed by atoms with Crippen molar-refractivity contribution in [2.24, 2.45) is 5.73 Å². The van der Waals surface area contributed by atoms with E-state index in [0.29, 0.717) is 0 Å². The van der Waals surface area contributed by atoms with Gasteiger partial charge < -0.3 is 10.6 Å². The van der Waals surface area contributed by atoms with Gasteiger partial charge in [0.15, 0.2) is 0 Å². The maximum atomic E-state index is 5.95. The van der Waals surface area contributed by atoms with Crippen molar-refractivity contribution in [3.8, 4) is 0 Å². The summed E-state index contributed by atoms with van der Waals surface area (Å²) in [7, 11) is 2.07. The molecular weight excluding hydrogens is 243 g/mol. The molecule has 2 N–H and O–H groups in total. The van der Waals surface area contributed by atoms with Crippen LogP contribution in [0.2, 0.25) is 5.02 Å². The zero-order valence-corrected chi connectivity index (χ0v) is 11.6. The molecule has 0 aromatic heterocycles. The van der Waals surface area contributed by atoms with Crippen molar-refractivity contribution in [1.29, 1.82) is 0 Å². The van der Waals surface area contributed by atoms with Gasteiger partial charge in [0.2, 0.25) is 0 Å². The highest BCUT2D eigenvalue weighted by Crippen LogP contribution is 2.11. The molecule has 92 valence electrons. The third-order valence-corrected chi connectivity index (χ3v) is 2.30. The van der Waals surface area contributed by atoms with Crippen LogP contribution in [0.3, 0.4) is 0 Å². The highest BCUT2D eigenvalue weighted by Gasteiger charge is 2.13. The summed E-state index contributed by atoms with van der Waals surface area (Å²) >= 11 is 5.82. The molecule has 1 rings (SSSR count). The van der Waals surface area contributed by atoms with Crippen LogP contribution in [0.25, 0.3) is 0 Å². The van der Waals surface area contributed by atoms with E-state index in [2.05, 4.69) is 11.9 Å². The molecule has 0 aliphatic heterocycles. The second-order valence-corrected chi connectivity index (χ2v) is 5.22. The molecule has 0 unspecified atom stereocenters. The van der Waals surface area contributed by atoms with E-state index in [9.17, 15) is 0 Å². The Kier molecular flexibility index (Phi) is 6.34. The maximum absolute atomic E-state index is 5.95. The van der Waals surface area contributed by atoms with E-state index in [1.165, 1.54) is 5.56 Å². The highest BCUT2D eigenvalue weighted by atomic mass is 35.5. The molecule has 0 aliphatic rings. The second kappa shape index (κ2) is 6.45. The minimum atomic E-state index is -0.152. The van der Waals surface area contributed by atoms with Crippen LogP contribution in [-0.4, -0.2) is 24.0 Å². The molecule has 0 aliphatic carbocycles. The van der Waals surface area contributed by atoms with E-state index in [0.717, 1.165) is 18.1 Å². The van der Waals surface area contributed by atoms with Gasteiger partial charge in [-0.25, -0.2) is 0 Å². The summed E-state index contributed by atoms with van der Waals surface area (Å²) in [4.78, 5) is 2.21. The van der Waals surface area contributed by atoms with E-state index in [1.807, 2.05) is 38.1 Å². The van der Waals surface area contributed by atoms with E-state index in [-0.39, 0.29) is 17.9 Å². The Labute approximate surface area is 109 Å².